The highest BCUT2D eigenvalue weighted by atomic mass is 16.4. The predicted octanol–water partition coefficient (Wildman–Crippen LogP) is 0.342. The molecule has 1 aliphatic heterocycles. The third-order valence-electron chi connectivity index (χ3n) is 3.41. The van der Waals surface area contributed by atoms with Gasteiger partial charge in [0.15, 0.2) is 6.04 Å². The maximum atomic E-state index is 12.2. The van der Waals surface area contributed by atoms with Crippen LogP contribution in [0.5, 0.6) is 0 Å². The van der Waals surface area contributed by atoms with Gasteiger partial charge in [0.1, 0.15) is 6.04 Å². The van der Waals surface area contributed by atoms with E-state index in [0.717, 1.165) is 0 Å². The number of carboxylic acids is 1. The van der Waals surface area contributed by atoms with Gasteiger partial charge in [0, 0.05) is 13.1 Å². The summed E-state index contributed by atoms with van der Waals surface area (Å²) in [7, 11) is 0. The standard InChI is InChI=1S/C14H17N3O4/c1-9-12(18)15-7-8-17(9)14(21)16-11(13(19)20)10-5-3-2-4-6-10/h2-6,9,11H,7-8H2,1H3,(H,15,18)(H,16,21)(H,19,20). The number of hydrogen-bond donors (Lipinski definition) is 3. The van der Waals surface area contributed by atoms with Gasteiger partial charge in [0.05, 0.1) is 0 Å². The molecule has 0 radical (unpaired) electrons. The molecular weight excluding hydrogens is 274 g/mol. The van der Waals surface area contributed by atoms with Crippen molar-refractivity contribution in [3.63, 3.8) is 0 Å². The van der Waals surface area contributed by atoms with Crippen molar-refractivity contribution < 1.29 is 19.5 Å². The molecular formula is C14H17N3O4. The number of hydrogen-bond acceptors (Lipinski definition) is 3. The molecule has 0 aliphatic carbocycles. The van der Waals surface area contributed by atoms with E-state index in [1.54, 1.807) is 37.3 Å². The van der Waals surface area contributed by atoms with Gasteiger partial charge >= 0.3 is 12.0 Å². The fourth-order valence-corrected chi connectivity index (χ4v) is 2.20. The average Bonchev–Trinajstić information content (AvgIpc) is 2.48. The molecule has 1 saturated heterocycles. The van der Waals surface area contributed by atoms with Crippen molar-refractivity contribution in [1.29, 1.82) is 0 Å². The summed E-state index contributed by atoms with van der Waals surface area (Å²) in [6, 6.07) is 6.11. The van der Waals surface area contributed by atoms with Crippen molar-refractivity contribution in [2.75, 3.05) is 13.1 Å². The molecule has 1 aliphatic rings. The van der Waals surface area contributed by atoms with Gasteiger partial charge in [0.2, 0.25) is 5.91 Å². The number of carboxylic acid groups (broad SMARTS) is 1. The molecule has 0 bridgehead atoms. The molecule has 7 nitrogen and oxygen atoms in total. The van der Waals surface area contributed by atoms with Crippen molar-refractivity contribution in [3.05, 3.63) is 35.9 Å². The van der Waals surface area contributed by atoms with Crippen LogP contribution in [0.15, 0.2) is 30.3 Å². The highest BCUT2D eigenvalue weighted by molar-refractivity contribution is 5.89. The van der Waals surface area contributed by atoms with E-state index in [4.69, 9.17) is 0 Å². The second-order valence-corrected chi connectivity index (χ2v) is 4.79. The van der Waals surface area contributed by atoms with Crippen LogP contribution in [0, 0.1) is 0 Å². The van der Waals surface area contributed by atoms with Gasteiger partial charge < -0.3 is 20.6 Å². The highest BCUT2D eigenvalue weighted by Crippen LogP contribution is 2.14. The maximum Gasteiger partial charge on any atom is 0.330 e. The SMILES string of the molecule is CC1C(=O)NCCN1C(=O)NC(C(=O)O)c1ccccc1. The number of piperazine rings is 1. The Bertz CT molecular complexity index is 546. The largest absolute Gasteiger partial charge is 0.479 e. The first-order valence-corrected chi connectivity index (χ1v) is 6.63. The fourth-order valence-electron chi connectivity index (χ4n) is 2.20. The number of amides is 3. The van der Waals surface area contributed by atoms with E-state index in [9.17, 15) is 19.5 Å². The fraction of sp³-hybridized carbons (Fsp3) is 0.357. The van der Waals surface area contributed by atoms with Gasteiger partial charge in [-0.1, -0.05) is 30.3 Å². The Morgan fingerprint density at radius 2 is 2.05 bits per heavy atom. The molecule has 112 valence electrons. The number of carbonyl (C=O) groups is 3. The maximum absolute atomic E-state index is 12.2. The number of nitrogens with one attached hydrogen (secondary N) is 2. The third kappa shape index (κ3) is 3.31. The Hall–Kier alpha value is -2.57. The summed E-state index contributed by atoms with van der Waals surface area (Å²) in [4.78, 5) is 36.4. The quantitative estimate of drug-likeness (QED) is 0.748. The third-order valence-corrected chi connectivity index (χ3v) is 3.41. The van der Waals surface area contributed by atoms with E-state index in [1.165, 1.54) is 4.90 Å². The molecule has 21 heavy (non-hydrogen) atoms. The average molecular weight is 291 g/mol. The zero-order chi connectivity index (χ0) is 15.4. The van der Waals surface area contributed by atoms with E-state index in [-0.39, 0.29) is 5.91 Å². The summed E-state index contributed by atoms with van der Waals surface area (Å²) in [6.07, 6.45) is 0. The lowest BCUT2D eigenvalue weighted by Gasteiger charge is -2.33. The molecule has 1 fully saturated rings. The number of benzene rings is 1. The highest BCUT2D eigenvalue weighted by Gasteiger charge is 2.32. The Balaban J connectivity index is 2.12. The molecule has 7 heteroatoms. The van der Waals surface area contributed by atoms with Crippen molar-refractivity contribution >= 4 is 17.9 Å². The zero-order valence-electron chi connectivity index (χ0n) is 11.6. The Morgan fingerprint density at radius 1 is 1.38 bits per heavy atom. The van der Waals surface area contributed by atoms with Gasteiger partial charge in [-0.3, -0.25) is 4.79 Å². The molecule has 0 spiro atoms. The van der Waals surface area contributed by atoms with Crippen LogP contribution in [0.25, 0.3) is 0 Å². The summed E-state index contributed by atoms with van der Waals surface area (Å²) in [6.45, 7) is 2.31. The van der Waals surface area contributed by atoms with E-state index in [1.807, 2.05) is 0 Å². The first-order valence-electron chi connectivity index (χ1n) is 6.63. The van der Waals surface area contributed by atoms with Crippen LogP contribution in [0.1, 0.15) is 18.5 Å². The second kappa shape index (κ2) is 6.25. The number of nitrogens with zero attached hydrogens (tertiary/aromatic N) is 1. The number of aliphatic carboxylic acids is 1. The first kappa shape index (κ1) is 14.8. The monoisotopic (exact) mass is 291 g/mol. The van der Waals surface area contributed by atoms with Crippen LogP contribution in [-0.2, 0) is 9.59 Å². The van der Waals surface area contributed by atoms with E-state index >= 15 is 0 Å². The minimum Gasteiger partial charge on any atom is -0.479 e. The van der Waals surface area contributed by atoms with Crippen LogP contribution in [-0.4, -0.2) is 47.0 Å². The first-order chi connectivity index (χ1) is 10.0. The molecule has 0 saturated carbocycles. The van der Waals surface area contributed by atoms with E-state index in [0.29, 0.717) is 18.7 Å². The normalized spacial score (nSPS) is 19.6. The summed E-state index contributed by atoms with van der Waals surface area (Å²) in [5, 5.41) is 14.4. The van der Waals surface area contributed by atoms with Crippen LogP contribution < -0.4 is 10.6 Å². The summed E-state index contributed by atoms with van der Waals surface area (Å²) < 4.78 is 0. The Labute approximate surface area is 121 Å². The van der Waals surface area contributed by atoms with Crippen molar-refractivity contribution in [3.8, 4) is 0 Å². The van der Waals surface area contributed by atoms with Crippen molar-refractivity contribution in [2.24, 2.45) is 0 Å². The summed E-state index contributed by atoms with van der Waals surface area (Å²) in [5.41, 5.74) is 0.479. The lowest BCUT2D eigenvalue weighted by molar-refractivity contribution is -0.139. The molecule has 2 rings (SSSR count). The summed E-state index contributed by atoms with van der Waals surface area (Å²) in [5.74, 6) is -1.40. The molecule has 1 heterocycles. The van der Waals surface area contributed by atoms with E-state index < -0.39 is 24.1 Å². The van der Waals surface area contributed by atoms with Gasteiger partial charge in [-0.25, -0.2) is 9.59 Å². The Kier molecular flexibility index (Phi) is 4.42. The Morgan fingerprint density at radius 3 is 2.67 bits per heavy atom. The molecule has 2 unspecified atom stereocenters. The molecule has 1 aromatic carbocycles. The molecule has 0 aromatic heterocycles. The number of rotatable bonds is 3. The van der Waals surface area contributed by atoms with Crippen LogP contribution >= 0.6 is 0 Å². The predicted molar refractivity (Wildman–Crippen MR) is 74.5 cm³/mol. The van der Waals surface area contributed by atoms with Gasteiger partial charge in [-0.05, 0) is 12.5 Å². The van der Waals surface area contributed by atoms with Crippen molar-refractivity contribution in [2.45, 2.75) is 19.0 Å². The van der Waals surface area contributed by atoms with Gasteiger partial charge in [0.25, 0.3) is 0 Å². The second-order valence-electron chi connectivity index (χ2n) is 4.79. The zero-order valence-corrected chi connectivity index (χ0v) is 11.6. The lowest BCUT2D eigenvalue weighted by atomic mass is 10.1. The molecule has 3 amide bonds. The molecule has 1 aromatic rings. The minimum absolute atomic E-state index is 0.247. The number of urea groups is 1. The van der Waals surface area contributed by atoms with Gasteiger partial charge in [-0.15, -0.1) is 0 Å². The van der Waals surface area contributed by atoms with Gasteiger partial charge in [-0.2, -0.15) is 0 Å². The van der Waals surface area contributed by atoms with Crippen molar-refractivity contribution in [1.82, 2.24) is 15.5 Å². The molecule has 2 atom stereocenters. The minimum atomic E-state index is -1.15. The van der Waals surface area contributed by atoms with Crippen LogP contribution in [0.2, 0.25) is 0 Å². The topological polar surface area (TPSA) is 98.7 Å². The summed E-state index contributed by atoms with van der Waals surface area (Å²) >= 11 is 0. The van der Waals surface area contributed by atoms with E-state index in [2.05, 4.69) is 10.6 Å². The van der Waals surface area contributed by atoms with Crippen LogP contribution in [0.3, 0.4) is 0 Å². The lowest BCUT2D eigenvalue weighted by Crippen LogP contribution is -2.58. The molecule has 3 N–H and O–H groups in total. The van der Waals surface area contributed by atoms with Crippen LogP contribution in [0.4, 0.5) is 4.79 Å². The smallest absolute Gasteiger partial charge is 0.330 e. The number of carbonyl (C=O) groups excluding carboxylic acids is 2.